The summed E-state index contributed by atoms with van der Waals surface area (Å²) < 4.78 is 5.36. The van der Waals surface area contributed by atoms with E-state index in [1.54, 1.807) is 7.11 Å². The summed E-state index contributed by atoms with van der Waals surface area (Å²) in [5, 5.41) is 3.11. The lowest BCUT2D eigenvalue weighted by Gasteiger charge is -2.43. The van der Waals surface area contributed by atoms with Crippen LogP contribution in [0.15, 0.2) is 18.2 Å². The van der Waals surface area contributed by atoms with E-state index >= 15 is 0 Å². The number of piperidine rings is 1. The van der Waals surface area contributed by atoms with Crippen molar-refractivity contribution in [1.29, 1.82) is 0 Å². The maximum absolute atomic E-state index is 11.8. The van der Waals surface area contributed by atoms with Gasteiger partial charge < -0.3 is 10.1 Å². The number of ether oxygens (including phenoxy) is 1. The lowest BCUT2D eigenvalue weighted by atomic mass is 9.82. The number of carbonyl (C=O) groups excluding carboxylic acids is 1. The molecular formula is C19H28N2O2. The van der Waals surface area contributed by atoms with Gasteiger partial charge >= 0.3 is 0 Å². The van der Waals surface area contributed by atoms with Crippen LogP contribution in [0.3, 0.4) is 0 Å². The van der Waals surface area contributed by atoms with Crippen molar-refractivity contribution in [3.63, 3.8) is 0 Å². The molecule has 1 saturated heterocycles. The highest BCUT2D eigenvalue weighted by Gasteiger charge is 2.33. The van der Waals surface area contributed by atoms with Gasteiger partial charge in [-0.1, -0.05) is 19.9 Å². The number of rotatable bonds is 4. The Morgan fingerprint density at radius 2 is 2.22 bits per heavy atom. The van der Waals surface area contributed by atoms with Crippen molar-refractivity contribution in [1.82, 2.24) is 10.2 Å². The maximum atomic E-state index is 11.8. The SMILES string of the molecule is COc1ccc2c(c1)CCN1CCC(CNC(=O)C(C)C)CC21. The van der Waals surface area contributed by atoms with Crippen LogP contribution in [0, 0.1) is 11.8 Å². The second kappa shape index (κ2) is 6.91. The Hall–Kier alpha value is -1.55. The van der Waals surface area contributed by atoms with Crippen molar-refractivity contribution in [3.05, 3.63) is 29.3 Å². The molecule has 1 fully saturated rings. The fourth-order valence-corrected chi connectivity index (χ4v) is 3.83. The van der Waals surface area contributed by atoms with Crippen LogP contribution in [-0.4, -0.2) is 37.6 Å². The quantitative estimate of drug-likeness (QED) is 0.929. The molecule has 1 N–H and O–H groups in total. The molecule has 126 valence electrons. The van der Waals surface area contributed by atoms with Crippen molar-refractivity contribution >= 4 is 5.91 Å². The molecule has 0 aliphatic carbocycles. The number of hydrogen-bond donors (Lipinski definition) is 1. The highest BCUT2D eigenvalue weighted by molar-refractivity contribution is 5.77. The van der Waals surface area contributed by atoms with Gasteiger partial charge in [0.1, 0.15) is 5.75 Å². The summed E-state index contributed by atoms with van der Waals surface area (Å²) in [5.41, 5.74) is 2.88. The minimum atomic E-state index is 0.0676. The molecule has 2 unspecified atom stereocenters. The number of fused-ring (bicyclic) bond motifs is 3. The third-order valence-electron chi connectivity index (χ3n) is 5.29. The van der Waals surface area contributed by atoms with Crippen molar-refractivity contribution in [2.24, 2.45) is 11.8 Å². The Morgan fingerprint density at radius 1 is 1.39 bits per heavy atom. The fraction of sp³-hybridized carbons (Fsp3) is 0.632. The lowest BCUT2D eigenvalue weighted by Crippen LogP contribution is -2.44. The van der Waals surface area contributed by atoms with Crippen LogP contribution in [0.5, 0.6) is 5.75 Å². The van der Waals surface area contributed by atoms with Crippen LogP contribution in [0.4, 0.5) is 0 Å². The minimum Gasteiger partial charge on any atom is -0.497 e. The topological polar surface area (TPSA) is 41.6 Å². The summed E-state index contributed by atoms with van der Waals surface area (Å²) in [6.07, 6.45) is 3.43. The maximum Gasteiger partial charge on any atom is 0.222 e. The zero-order valence-electron chi connectivity index (χ0n) is 14.5. The van der Waals surface area contributed by atoms with E-state index in [0.29, 0.717) is 12.0 Å². The average molecular weight is 316 g/mol. The molecular weight excluding hydrogens is 288 g/mol. The van der Waals surface area contributed by atoms with E-state index in [2.05, 4.69) is 28.4 Å². The van der Waals surface area contributed by atoms with E-state index in [1.807, 2.05) is 13.8 Å². The molecule has 0 spiro atoms. The molecule has 3 rings (SSSR count). The molecule has 0 radical (unpaired) electrons. The second-order valence-corrected chi connectivity index (χ2v) is 7.16. The Morgan fingerprint density at radius 3 is 2.96 bits per heavy atom. The number of nitrogens with one attached hydrogen (secondary N) is 1. The van der Waals surface area contributed by atoms with Gasteiger partial charge in [-0.3, -0.25) is 9.69 Å². The molecule has 2 aliphatic heterocycles. The molecule has 2 atom stereocenters. The molecule has 4 heteroatoms. The summed E-state index contributed by atoms with van der Waals surface area (Å²) in [5.74, 6) is 1.76. The Kier molecular flexibility index (Phi) is 4.90. The van der Waals surface area contributed by atoms with Gasteiger partial charge in [-0.25, -0.2) is 0 Å². The van der Waals surface area contributed by atoms with Gasteiger partial charge in [-0.15, -0.1) is 0 Å². The number of amides is 1. The van der Waals surface area contributed by atoms with Gasteiger partial charge in [-0.2, -0.15) is 0 Å². The van der Waals surface area contributed by atoms with Crippen LogP contribution in [0.2, 0.25) is 0 Å². The van der Waals surface area contributed by atoms with Gasteiger partial charge in [-0.05, 0) is 55.0 Å². The van der Waals surface area contributed by atoms with E-state index in [-0.39, 0.29) is 11.8 Å². The molecule has 23 heavy (non-hydrogen) atoms. The van der Waals surface area contributed by atoms with Crippen LogP contribution >= 0.6 is 0 Å². The summed E-state index contributed by atoms with van der Waals surface area (Å²) in [4.78, 5) is 14.4. The monoisotopic (exact) mass is 316 g/mol. The highest BCUT2D eigenvalue weighted by Crippen LogP contribution is 2.39. The zero-order valence-corrected chi connectivity index (χ0v) is 14.5. The van der Waals surface area contributed by atoms with Crippen LogP contribution in [0.1, 0.15) is 43.9 Å². The molecule has 0 saturated carbocycles. The highest BCUT2D eigenvalue weighted by atomic mass is 16.5. The normalized spacial score (nSPS) is 24.0. The largest absolute Gasteiger partial charge is 0.497 e. The van der Waals surface area contributed by atoms with Gasteiger partial charge in [0.05, 0.1) is 7.11 Å². The predicted molar refractivity (Wildman–Crippen MR) is 91.6 cm³/mol. The fourth-order valence-electron chi connectivity index (χ4n) is 3.83. The molecule has 0 aromatic heterocycles. The van der Waals surface area contributed by atoms with E-state index in [1.165, 1.54) is 17.5 Å². The standard InChI is InChI=1S/C19H28N2O2/c1-13(2)19(22)20-12-14-6-8-21-9-7-15-11-16(23-3)4-5-17(15)18(21)10-14/h4-5,11,13-14,18H,6-10,12H2,1-3H3,(H,20,22). The third-order valence-corrected chi connectivity index (χ3v) is 5.29. The van der Waals surface area contributed by atoms with Crippen LogP contribution in [0.25, 0.3) is 0 Å². The molecule has 2 heterocycles. The summed E-state index contributed by atoms with van der Waals surface area (Å²) >= 11 is 0. The first-order valence-corrected chi connectivity index (χ1v) is 8.77. The molecule has 1 amide bonds. The van der Waals surface area contributed by atoms with E-state index in [0.717, 1.165) is 38.2 Å². The number of methoxy groups -OCH3 is 1. The van der Waals surface area contributed by atoms with E-state index in [4.69, 9.17) is 4.74 Å². The molecule has 1 aromatic rings. The molecule has 0 bridgehead atoms. The van der Waals surface area contributed by atoms with Crippen molar-refractivity contribution in [3.8, 4) is 5.75 Å². The third kappa shape index (κ3) is 3.52. The molecule has 2 aliphatic rings. The number of hydrogen-bond acceptors (Lipinski definition) is 3. The first-order chi connectivity index (χ1) is 11.1. The average Bonchev–Trinajstić information content (AvgIpc) is 2.58. The summed E-state index contributed by atoms with van der Waals surface area (Å²) in [6.45, 7) is 6.98. The Balaban J connectivity index is 1.68. The smallest absolute Gasteiger partial charge is 0.222 e. The number of benzene rings is 1. The lowest BCUT2D eigenvalue weighted by molar-refractivity contribution is -0.124. The molecule has 1 aromatic carbocycles. The van der Waals surface area contributed by atoms with Gasteiger partial charge in [0.2, 0.25) is 5.91 Å². The van der Waals surface area contributed by atoms with Crippen molar-refractivity contribution in [2.75, 3.05) is 26.7 Å². The number of nitrogens with zero attached hydrogens (tertiary/aromatic N) is 1. The van der Waals surface area contributed by atoms with Gasteiger partial charge in [0.25, 0.3) is 0 Å². The first-order valence-electron chi connectivity index (χ1n) is 8.77. The second-order valence-electron chi connectivity index (χ2n) is 7.16. The zero-order chi connectivity index (χ0) is 16.4. The van der Waals surface area contributed by atoms with Crippen molar-refractivity contribution in [2.45, 2.75) is 39.2 Å². The number of carbonyl (C=O) groups is 1. The summed E-state index contributed by atoms with van der Waals surface area (Å²) in [6, 6.07) is 7.00. The van der Waals surface area contributed by atoms with Gasteiger partial charge in [0, 0.05) is 25.0 Å². The van der Waals surface area contributed by atoms with Crippen LogP contribution in [-0.2, 0) is 11.2 Å². The minimum absolute atomic E-state index is 0.0676. The van der Waals surface area contributed by atoms with Gasteiger partial charge in [0.15, 0.2) is 0 Å². The Labute approximate surface area is 139 Å². The Bertz CT molecular complexity index is 570. The van der Waals surface area contributed by atoms with E-state index in [9.17, 15) is 4.79 Å². The first kappa shape index (κ1) is 16.3. The van der Waals surface area contributed by atoms with Crippen LogP contribution < -0.4 is 10.1 Å². The molecule has 4 nitrogen and oxygen atoms in total. The summed E-state index contributed by atoms with van der Waals surface area (Å²) in [7, 11) is 1.73. The van der Waals surface area contributed by atoms with Crippen molar-refractivity contribution < 1.29 is 9.53 Å². The van der Waals surface area contributed by atoms with E-state index < -0.39 is 0 Å². The predicted octanol–water partition coefficient (Wildman–Crippen LogP) is 2.78.